The van der Waals surface area contributed by atoms with Crippen LogP contribution in [0.1, 0.15) is 44.1 Å². The average Bonchev–Trinajstić information content (AvgIpc) is 2.90. The fourth-order valence-electron chi connectivity index (χ4n) is 5.24. The molecule has 5 nitrogen and oxygen atoms in total. The number of nitriles is 1. The second-order valence-corrected chi connectivity index (χ2v) is 9.92. The minimum absolute atomic E-state index is 0.296. The van der Waals surface area contributed by atoms with E-state index in [2.05, 4.69) is 76.3 Å². The molecule has 2 aliphatic heterocycles. The summed E-state index contributed by atoms with van der Waals surface area (Å²) in [6.45, 7) is 8.32. The van der Waals surface area contributed by atoms with E-state index in [0.717, 1.165) is 77.4 Å². The molecular formula is C29H40N4O. The molecule has 0 N–H and O–H groups in total. The molecule has 2 aliphatic rings. The summed E-state index contributed by atoms with van der Waals surface area (Å²) >= 11 is 0. The first-order valence-corrected chi connectivity index (χ1v) is 13.0. The Hall–Kier alpha value is -2.55. The van der Waals surface area contributed by atoms with Gasteiger partial charge in [-0.3, -0.25) is 0 Å². The molecule has 2 aromatic carbocycles. The summed E-state index contributed by atoms with van der Waals surface area (Å²) in [5.41, 5.74) is 2.13. The number of para-hydroxylation sites is 2. The molecule has 5 heteroatoms. The number of hydrogen-bond acceptors (Lipinski definition) is 5. The van der Waals surface area contributed by atoms with Crippen LogP contribution in [0.3, 0.4) is 0 Å². The van der Waals surface area contributed by atoms with Crippen LogP contribution in [-0.4, -0.2) is 69.3 Å². The van der Waals surface area contributed by atoms with Crippen molar-refractivity contribution in [3.8, 4) is 11.8 Å². The lowest BCUT2D eigenvalue weighted by Crippen LogP contribution is -2.44. The monoisotopic (exact) mass is 460 g/mol. The molecule has 0 aromatic heterocycles. The molecule has 0 atom stereocenters. The first-order valence-electron chi connectivity index (χ1n) is 13.0. The zero-order valence-corrected chi connectivity index (χ0v) is 20.8. The molecule has 0 unspecified atom stereocenters. The zero-order chi connectivity index (χ0) is 23.6. The third-order valence-corrected chi connectivity index (χ3v) is 7.59. The first kappa shape index (κ1) is 24.6. The average molecular weight is 461 g/mol. The number of piperazine rings is 1. The second kappa shape index (κ2) is 12.2. The van der Waals surface area contributed by atoms with Crippen molar-refractivity contribution >= 4 is 5.69 Å². The number of rotatable bonds is 10. The van der Waals surface area contributed by atoms with E-state index >= 15 is 0 Å². The Morgan fingerprint density at radius 3 is 2.24 bits per heavy atom. The maximum Gasteiger partial charge on any atom is 0.142 e. The second-order valence-electron chi connectivity index (χ2n) is 9.92. The van der Waals surface area contributed by atoms with Crippen molar-refractivity contribution < 1.29 is 4.74 Å². The summed E-state index contributed by atoms with van der Waals surface area (Å²) in [6, 6.07) is 21.5. The topological polar surface area (TPSA) is 42.7 Å². The Bertz CT molecular complexity index is 909. The minimum atomic E-state index is -0.296. The lowest BCUT2D eigenvalue weighted by molar-refractivity contribution is 0.182. The lowest BCUT2D eigenvalue weighted by atomic mass is 9.74. The Morgan fingerprint density at radius 1 is 0.824 bits per heavy atom. The molecule has 2 saturated heterocycles. The number of unbranched alkanes of at least 4 members (excludes halogenated alkanes) is 3. The number of nitrogens with zero attached hydrogens (tertiary/aromatic N) is 4. The number of benzene rings is 2. The van der Waals surface area contributed by atoms with Gasteiger partial charge in [-0.1, -0.05) is 55.3 Å². The summed E-state index contributed by atoms with van der Waals surface area (Å²) in [6.07, 6.45) is 6.65. The van der Waals surface area contributed by atoms with E-state index in [1.807, 2.05) is 6.07 Å². The fraction of sp³-hybridized carbons (Fsp3) is 0.552. The number of anilines is 1. The van der Waals surface area contributed by atoms with Gasteiger partial charge >= 0.3 is 0 Å². The van der Waals surface area contributed by atoms with Gasteiger partial charge in [0.1, 0.15) is 5.75 Å². The van der Waals surface area contributed by atoms with Crippen LogP contribution in [0.15, 0.2) is 54.6 Å². The SMILES string of the molecule is CN1CCN(c2ccccc2OCCCCCCN2CCC(C#N)(c3ccccc3)CC2)CC1. The minimum Gasteiger partial charge on any atom is -0.491 e. The van der Waals surface area contributed by atoms with Crippen molar-refractivity contribution in [2.24, 2.45) is 0 Å². The van der Waals surface area contributed by atoms with Gasteiger partial charge in [-0.05, 0) is 70.1 Å². The summed E-state index contributed by atoms with van der Waals surface area (Å²) in [5, 5.41) is 9.88. The van der Waals surface area contributed by atoms with Crippen LogP contribution in [0.2, 0.25) is 0 Å². The molecule has 0 radical (unpaired) electrons. The van der Waals surface area contributed by atoms with Crippen molar-refractivity contribution in [1.29, 1.82) is 5.26 Å². The van der Waals surface area contributed by atoms with Crippen molar-refractivity contribution in [3.63, 3.8) is 0 Å². The number of hydrogen-bond donors (Lipinski definition) is 0. The van der Waals surface area contributed by atoms with Crippen LogP contribution in [-0.2, 0) is 5.41 Å². The largest absolute Gasteiger partial charge is 0.491 e. The molecular weight excluding hydrogens is 420 g/mol. The normalized spacial score (nSPS) is 19.0. The van der Waals surface area contributed by atoms with Crippen LogP contribution in [0.5, 0.6) is 5.75 Å². The highest BCUT2D eigenvalue weighted by atomic mass is 16.5. The fourth-order valence-corrected chi connectivity index (χ4v) is 5.24. The van der Waals surface area contributed by atoms with E-state index in [0.29, 0.717) is 0 Å². The first-order chi connectivity index (χ1) is 16.7. The summed E-state index contributed by atoms with van der Waals surface area (Å²) in [4.78, 5) is 7.38. The van der Waals surface area contributed by atoms with Gasteiger partial charge in [0.05, 0.1) is 23.8 Å². The Balaban J connectivity index is 1.11. The molecule has 0 spiro atoms. The molecule has 2 heterocycles. The molecule has 4 rings (SSSR count). The van der Waals surface area contributed by atoms with Crippen LogP contribution < -0.4 is 9.64 Å². The van der Waals surface area contributed by atoms with Crippen LogP contribution >= 0.6 is 0 Å². The van der Waals surface area contributed by atoms with Crippen molar-refractivity contribution in [2.45, 2.75) is 43.9 Å². The maximum absolute atomic E-state index is 9.88. The van der Waals surface area contributed by atoms with Crippen molar-refractivity contribution in [3.05, 3.63) is 60.2 Å². The predicted octanol–water partition coefficient (Wildman–Crippen LogP) is 4.93. The van der Waals surface area contributed by atoms with Crippen molar-refractivity contribution in [2.75, 3.05) is 64.4 Å². The summed E-state index contributed by atoms with van der Waals surface area (Å²) in [7, 11) is 2.19. The Kier molecular flexibility index (Phi) is 8.85. The van der Waals surface area contributed by atoms with Crippen LogP contribution in [0.25, 0.3) is 0 Å². The molecule has 2 fully saturated rings. The van der Waals surface area contributed by atoms with Crippen LogP contribution in [0, 0.1) is 11.3 Å². The summed E-state index contributed by atoms with van der Waals surface area (Å²) in [5.74, 6) is 1.03. The number of likely N-dealkylation sites (N-methyl/N-ethyl adjacent to an activating group) is 1. The van der Waals surface area contributed by atoms with E-state index in [9.17, 15) is 5.26 Å². The van der Waals surface area contributed by atoms with Gasteiger partial charge in [0.25, 0.3) is 0 Å². The molecule has 0 bridgehead atoms. The number of ether oxygens (including phenoxy) is 1. The van der Waals surface area contributed by atoms with Gasteiger partial charge in [0.15, 0.2) is 0 Å². The van der Waals surface area contributed by atoms with Gasteiger partial charge < -0.3 is 19.4 Å². The zero-order valence-electron chi connectivity index (χ0n) is 20.8. The molecule has 0 saturated carbocycles. The van der Waals surface area contributed by atoms with Gasteiger partial charge in [0.2, 0.25) is 0 Å². The van der Waals surface area contributed by atoms with E-state index in [-0.39, 0.29) is 5.41 Å². The smallest absolute Gasteiger partial charge is 0.142 e. The highest BCUT2D eigenvalue weighted by Crippen LogP contribution is 2.35. The highest BCUT2D eigenvalue weighted by molar-refractivity contribution is 5.58. The third kappa shape index (κ3) is 6.31. The van der Waals surface area contributed by atoms with E-state index < -0.39 is 0 Å². The Labute approximate surface area is 205 Å². The molecule has 2 aromatic rings. The molecule has 0 amide bonds. The lowest BCUT2D eigenvalue weighted by Gasteiger charge is -2.37. The quantitative estimate of drug-likeness (QED) is 0.470. The van der Waals surface area contributed by atoms with E-state index in [4.69, 9.17) is 4.74 Å². The predicted molar refractivity (Wildman–Crippen MR) is 140 cm³/mol. The number of piperidine rings is 1. The maximum atomic E-state index is 9.88. The number of likely N-dealkylation sites (tertiary alicyclic amines) is 1. The highest BCUT2D eigenvalue weighted by Gasteiger charge is 2.36. The molecule has 0 aliphatic carbocycles. The standard InChI is InChI=1S/C29H40N4O/c1-31-20-22-33(23-21-31)27-13-7-8-14-28(27)34-24-10-3-2-9-17-32-18-15-29(25-30,16-19-32)26-11-5-4-6-12-26/h4-8,11-14H,2-3,9-10,15-24H2,1H3. The molecule has 34 heavy (non-hydrogen) atoms. The van der Waals surface area contributed by atoms with Gasteiger partial charge in [-0.2, -0.15) is 5.26 Å². The van der Waals surface area contributed by atoms with E-state index in [1.54, 1.807) is 0 Å². The van der Waals surface area contributed by atoms with Gasteiger partial charge in [0, 0.05) is 26.2 Å². The van der Waals surface area contributed by atoms with E-state index in [1.165, 1.54) is 30.5 Å². The van der Waals surface area contributed by atoms with Crippen LogP contribution in [0.4, 0.5) is 5.69 Å². The molecule has 182 valence electrons. The third-order valence-electron chi connectivity index (χ3n) is 7.59. The Morgan fingerprint density at radius 2 is 1.50 bits per heavy atom. The van der Waals surface area contributed by atoms with Gasteiger partial charge in [-0.15, -0.1) is 0 Å². The van der Waals surface area contributed by atoms with Crippen molar-refractivity contribution in [1.82, 2.24) is 9.80 Å². The summed E-state index contributed by atoms with van der Waals surface area (Å²) < 4.78 is 6.19. The van der Waals surface area contributed by atoms with Gasteiger partial charge in [-0.25, -0.2) is 0 Å².